The molecule has 0 spiro atoms. The molecule has 1 unspecified atom stereocenters. The lowest BCUT2D eigenvalue weighted by molar-refractivity contribution is 0.682. The number of nitrogens with zero attached hydrogens (tertiary/aromatic N) is 2. The Morgan fingerprint density at radius 1 is 1.62 bits per heavy atom. The maximum atomic E-state index is 11.8. The summed E-state index contributed by atoms with van der Waals surface area (Å²) in [6.07, 6.45) is 3.54. The third kappa shape index (κ3) is 1.76. The van der Waals surface area contributed by atoms with Crippen LogP contribution in [-0.4, -0.2) is 14.9 Å². The highest BCUT2D eigenvalue weighted by Gasteiger charge is 2.45. The zero-order chi connectivity index (χ0) is 11.8. The van der Waals surface area contributed by atoms with E-state index in [1.165, 1.54) is 0 Å². The van der Waals surface area contributed by atoms with Crippen LogP contribution in [0.25, 0.3) is 0 Å². The molecule has 2 rings (SSSR count). The lowest BCUT2D eigenvalue weighted by atomic mass is 10.00. The molecule has 1 atom stereocenters. The number of hydrogen-bond donors (Lipinski definition) is 0. The smallest absolute Gasteiger partial charge is 0.0839 e. The van der Waals surface area contributed by atoms with Crippen molar-refractivity contribution in [1.29, 1.82) is 5.26 Å². The van der Waals surface area contributed by atoms with E-state index in [1.807, 2.05) is 19.9 Å². The highest BCUT2D eigenvalue weighted by molar-refractivity contribution is 7.85. The van der Waals surface area contributed by atoms with Gasteiger partial charge in [0, 0.05) is 11.9 Å². The van der Waals surface area contributed by atoms with Crippen molar-refractivity contribution in [2.45, 2.75) is 37.0 Å². The van der Waals surface area contributed by atoms with Gasteiger partial charge in [-0.15, -0.1) is 0 Å². The molecule has 1 aromatic rings. The molecule has 1 aliphatic carbocycles. The molecule has 4 heteroatoms. The summed E-state index contributed by atoms with van der Waals surface area (Å²) >= 11 is 0. The summed E-state index contributed by atoms with van der Waals surface area (Å²) in [6.45, 7) is 3.75. The van der Waals surface area contributed by atoms with Crippen molar-refractivity contribution in [2.24, 2.45) is 0 Å². The standard InChI is InChI=1S/C12H14N2OS/c1-3-16(15)11-6-10(7-14-9(11)2)12(8-13)4-5-12/h6-7H,3-5H2,1-2H3. The number of pyridine rings is 1. The molecule has 1 aliphatic rings. The van der Waals surface area contributed by atoms with Crippen LogP contribution in [0.4, 0.5) is 0 Å². The molecule has 16 heavy (non-hydrogen) atoms. The minimum absolute atomic E-state index is 0.340. The lowest BCUT2D eigenvalue weighted by Gasteiger charge is -2.09. The van der Waals surface area contributed by atoms with Gasteiger partial charge in [0.2, 0.25) is 0 Å². The van der Waals surface area contributed by atoms with Crippen LogP contribution < -0.4 is 0 Å². The predicted octanol–water partition coefficient (Wildman–Crippen LogP) is 2.07. The van der Waals surface area contributed by atoms with Crippen LogP contribution in [0, 0.1) is 18.3 Å². The summed E-state index contributed by atoms with van der Waals surface area (Å²) < 4.78 is 11.8. The molecule has 0 radical (unpaired) electrons. The maximum absolute atomic E-state index is 11.8. The zero-order valence-corrected chi connectivity index (χ0v) is 10.3. The fraction of sp³-hybridized carbons (Fsp3) is 0.500. The van der Waals surface area contributed by atoms with E-state index >= 15 is 0 Å². The quantitative estimate of drug-likeness (QED) is 0.804. The van der Waals surface area contributed by atoms with Gasteiger partial charge in [-0.05, 0) is 31.4 Å². The molecule has 0 aromatic carbocycles. The van der Waals surface area contributed by atoms with Gasteiger partial charge in [-0.25, -0.2) is 0 Å². The maximum Gasteiger partial charge on any atom is 0.0839 e. The van der Waals surface area contributed by atoms with E-state index in [4.69, 9.17) is 5.26 Å². The summed E-state index contributed by atoms with van der Waals surface area (Å²) in [5, 5.41) is 9.11. The first-order valence-electron chi connectivity index (χ1n) is 5.40. The second-order valence-corrected chi connectivity index (χ2v) is 5.84. The average Bonchev–Trinajstić information content (AvgIpc) is 3.09. The van der Waals surface area contributed by atoms with Gasteiger partial charge in [0.25, 0.3) is 0 Å². The third-order valence-corrected chi connectivity index (χ3v) is 4.49. The van der Waals surface area contributed by atoms with Gasteiger partial charge in [-0.3, -0.25) is 9.19 Å². The van der Waals surface area contributed by atoms with Gasteiger partial charge in [0.1, 0.15) is 0 Å². The molecule has 0 aliphatic heterocycles. The van der Waals surface area contributed by atoms with E-state index in [1.54, 1.807) is 6.20 Å². The Balaban J connectivity index is 2.45. The molecule has 0 saturated heterocycles. The average molecular weight is 234 g/mol. The van der Waals surface area contributed by atoms with Crippen molar-refractivity contribution in [3.05, 3.63) is 23.5 Å². The molecule has 1 heterocycles. The van der Waals surface area contributed by atoms with Crippen LogP contribution in [-0.2, 0) is 16.2 Å². The van der Waals surface area contributed by atoms with E-state index in [2.05, 4.69) is 11.1 Å². The van der Waals surface area contributed by atoms with Crippen molar-refractivity contribution in [2.75, 3.05) is 5.75 Å². The largest absolute Gasteiger partial charge is 0.260 e. The Labute approximate surface area is 98.0 Å². The molecule has 3 nitrogen and oxygen atoms in total. The topological polar surface area (TPSA) is 53.8 Å². The molecule has 0 amide bonds. The minimum atomic E-state index is -0.993. The Morgan fingerprint density at radius 2 is 2.31 bits per heavy atom. The van der Waals surface area contributed by atoms with Crippen LogP contribution >= 0.6 is 0 Å². The highest BCUT2D eigenvalue weighted by Crippen LogP contribution is 2.47. The van der Waals surface area contributed by atoms with Crippen molar-refractivity contribution >= 4 is 10.8 Å². The summed E-state index contributed by atoms with van der Waals surface area (Å²) in [5.41, 5.74) is 1.39. The number of hydrogen-bond acceptors (Lipinski definition) is 3. The van der Waals surface area contributed by atoms with Crippen molar-refractivity contribution < 1.29 is 4.21 Å². The molecule has 84 valence electrons. The molecule has 1 fully saturated rings. The second-order valence-electron chi connectivity index (χ2n) is 4.14. The van der Waals surface area contributed by atoms with E-state index in [0.29, 0.717) is 5.75 Å². The van der Waals surface area contributed by atoms with Crippen LogP contribution in [0.15, 0.2) is 17.2 Å². The first-order valence-corrected chi connectivity index (χ1v) is 6.71. The Bertz CT molecular complexity index is 486. The molecule has 0 N–H and O–H groups in total. The van der Waals surface area contributed by atoms with Crippen LogP contribution in [0.5, 0.6) is 0 Å². The van der Waals surface area contributed by atoms with Gasteiger partial charge >= 0.3 is 0 Å². The van der Waals surface area contributed by atoms with Crippen LogP contribution in [0.3, 0.4) is 0 Å². The Kier molecular flexibility index (Phi) is 2.81. The van der Waals surface area contributed by atoms with Gasteiger partial charge in [0.05, 0.1) is 32.9 Å². The monoisotopic (exact) mass is 234 g/mol. The van der Waals surface area contributed by atoms with Gasteiger partial charge < -0.3 is 0 Å². The minimum Gasteiger partial charge on any atom is -0.260 e. The Morgan fingerprint density at radius 3 is 2.81 bits per heavy atom. The zero-order valence-electron chi connectivity index (χ0n) is 9.49. The number of aryl methyl sites for hydroxylation is 1. The predicted molar refractivity (Wildman–Crippen MR) is 62.4 cm³/mol. The SMILES string of the molecule is CCS(=O)c1cc(C2(C#N)CC2)cnc1C. The number of rotatable bonds is 3. The highest BCUT2D eigenvalue weighted by atomic mass is 32.2. The third-order valence-electron chi connectivity index (χ3n) is 3.06. The van der Waals surface area contributed by atoms with Gasteiger partial charge in [-0.2, -0.15) is 5.26 Å². The van der Waals surface area contributed by atoms with Crippen molar-refractivity contribution in [1.82, 2.24) is 4.98 Å². The van der Waals surface area contributed by atoms with Gasteiger partial charge in [0.15, 0.2) is 0 Å². The normalized spacial score (nSPS) is 18.8. The first-order chi connectivity index (χ1) is 7.63. The van der Waals surface area contributed by atoms with Crippen molar-refractivity contribution in [3.8, 4) is 6.07 Å². The molecule has 1 saturated carbocycles. The second kappa shape index (κ2) is 3.99. The molecule has 1 aromatic heterocycles. The summed E-state index contributed by atoms with van der Waals surface area (Å²) in [5.74, 6) is 0.589. The number of nitriles is 1. The van der Waals surface area contributed by atoms with E-state index in [-0.39, 0.29) is 5.41 Å². The fourth-order valence-electron chi connectivity index (χ4n) is 1.75. The molecular formula is C12H14N2OS. The first kappa shape index (κ1) is 11.3. The molecular weight excluding hydrogens is 220 g/mol. The van der Waals surface area contributed by atoms with E-state index in [9.17, 15) is 4.21 Å². The summed E-state index contributed by atoms with van der Waals surface area (Å²) in [6, 6.07) is 4.23. The fourth-order valence-corrected chi connectivity index (χ4v) is 2.70. The molecule has 0 bridgehead atoms. The van der Waals surface area contributed by atoms with E-state index in [0.717, 1.165) is 29.0 Å². The summed E-state index contributed by atoms with van der Waals surface area (Å²) in [7, 11) is -0.993. The van der Waals surface area contributed by atoms with Crippen LogP contribution in [0.1, 0.15) is 31.0 Å². The summed E-state index contributed by atoms with van der Waals surface area (Å²) in [4.78, 5) is 5.04. The van der Waals surface area contributed by atoms with Crippen LogP contribution in [0.2, 0.25) is 0 Å². The Hall–Kier alpha value is -1.21. The van der Waals surface area contributed by atoms with E-state index < -0.39 is 10.8 Å². The van der Waals surface area contributed by atoms with Crippen molar-refractivity contribution in [3.63, 3.8) is 0 Å². The number of aromatic nitrogens is 1. The lowest BCUT2D eigenvalue weighted by Crippen LogP contribution is -2.07. The van der Waals surface area contributed by atoms with Gasteiger partial charge in [-0.1, -0.05) is 6.92 Å².